The summed E-state index contributed by atoms with van der Waals surface area (Å²) in [5.74, 6) is -0.126. The Morgan fingerprint density at radius 2 is 1.95 bits per heavy atom. The highest BCUT2D eigenvalue weighted by atomic mass is 16.2. The van der Waals surface area contributed by atoms with E-state index in [1.165, 1.54) is 10.2 Å². The number of carbonyl (C=O) groups is 1. The average Bonchev–Trinajstić information content (AvgIpc) is 2.90. The van der Waals surface area contributed by atoms with E-state index < -0.39 is 6.04 Å². The molecule has 0 aliphatic rings. The number of aryl methyl sites for hydroxylation is 3. The van der Waals surface area contributed by atoms with Gasteiger partial charge in [0, 0.05) is 12.2 Å². The summed E-state index contributed by atoms with van der Waals surface area (Å²) in [6, 6.07) is 3.66. The second-order valence-corrected chi connectivity index (χ2v) is 5.33. The van der Waals surface area contributed by atoms with E-state index in [1.54, 1.807) is 13.1 Å². The van der Waals surface area contributed by atoms with Gasteiger partial charge in [-0.05, 0) is 38.8 Å². The first kappa shape index (κ1) is 15.2. The standard InChI is InChI=1S/C15H21N5O/c1-9-5-10(2)14(11(3)6-9)17-15(21)12(4)20-8-13(7-16)18-19-20/h5-6,8,12H,7,16H2,1-4H3,(H,17,21). The summed E-state index contributed by atoms with van der Waals surface area (Å²) in [7, 11) is 0. The maximum Gasteiger partial charge on any atom is 0.249 e. The molecule has 1 amide bonds. The Morgan fingerprint density at radius 1 is 1.33 bits per heavy atom. The molecule has 0 aliphatic heterocycles. The molecule has 3 N–H and O–H groups in total. The zero-order valence-electron chi connectivity index (χ0n) is 12.8. The van der Waals surface area contributed by atoms with E-state index in [2.05, 4.69) is 27.8 Å². The molecular formula is C15H21N5O. The van der Waals surface area contributed by atoms with Gasteiger partial charge in [-0.2, -0.15) is 0 Å². The van der Waals surface area contributed by atoms with Crippen LogP contribution >= 0.6 is 0 Å². The number of nitrogens with zero attached hydrogens (tertiary/aromatic N) is 3. The van der Waals surface area contributed by atoms with E-state index in [0.29, 0.717) is 12.2 Å². The largest absolute Gasteiger partial charge is 0.325 e. The highest BCUT2D eigenvalue weighted by Gasteiger charge is 2.18. The lowest BCUT2D eigenvalue weighted by molar-refractivity contribution is -0.119. The highest BCUT2D eigenvalue weighted by molar-refractivity contribution is 5.94. The molecule has 2 aromatic rings. The van der Waals surface area contributed by atoms with Crippen LogP contribution in [0.3, 0.4) is 0 Å². The molecule has 0 fully saturated rings. The molecule has 21 heavy (non-hydrogen) atoms. The normalized spacial score (nSPS) is 12.2. The van der Waals surface area contributed by atoms with E-state index in [4.69, 9.17) is 5.73 Å². The molecule has 1 heterocycles. The third-order valence-corrected chi connectivity index (χ3v) is 3.47. The minimum Gasteiger partial charge on any atom is -0.325 e. The van der Waals surface area contributed by atoms with E-state index in [1.807, 2.05) is 20.8 Å². The van der Waals surface area contributed by atoms with E-state index in [0.717, 1.165) is 16.8 Å². The molecule has 0 aliphatic carbocycles. The number of nitrogens with two attached hydrogens (primary N) is 1. The van der Waals surface area contributed by atoms with Gasteiger partial charge in [0.2, 0.25) is 5.91 Å². The average molecular weight is 287 g/mol. The number of hydrogen-bond donors (Lipinski definition) is 2. The number of hydrogen-bond acceptors (Lipinski definition) is 4. The van der Waals surface area contributed by atoms with Gasteiger partial charge in [0.25, 0.3) is 0 Å². The van der Waals surface area contributed by atoms with Crippen molar-refractivity contribution in [1.29, 1.82) is 0 Å². The third-order valence-electron chi connectivity index (χ3n) is 3.47. The number of carbonyl (C=O) groups excluding carboxylic acids is 1. The lowest BCUT2D eigenvalue weighted by Crippen LogP contribution is -2.25. The summed E-state index contributed by atoms with van der Waals surface area (Å²) in [6.07, 6.45) is 1.69. The number of nitrogens with one attached hydrogen (secondary N) is 1. The van der Waals surface area contributed by atoms with Crippen molar-refractivity contribution >= 4 is 11.6 Å². The summed E-state index contributed by atoms with van der Waals surface area (Å²) in [4.78, 5) is 12.4. The topological polar surface area (TPSA) is 85.8 Å². The molecule has 112 valence electrons. The predicted molar refractivity (Wildman–Crippen MR) is 81.9 cm³/mol. The Morgan fingerprint density at radius 3 is 2.48 bits per heavy atom. The van der Waals surface area contributed by atoms with Crippen molar-refractivity contribution in [2.24, 2.45) is 5.73 Å². The summed E-state index contributed by atoms with van der Waals surface area (Å²) in [5, 5.41) is 10.8. The molecule has 0 radical (unpaired) electrons. The monoisotopic (exact) mass is 287 g/mol. The smallest absolute Gasteiger partial charge is 0.249 e. The fourth-order valence-corrected chi connectivity index (χ4v) is 2.32. The van der Waals surface area contributed by atoms with Crippen LogP contribution in [0.2, 0.25) is 0 Å². The van der Waals surface area contributed by atoms with E-state index in [-0.39, 0.29) is 5.91 Å². The van der Waals surface area contributed by atoms with Crippen molar-refractivity contribution in [2.45, 2.75) is 40.3 Å². The van der Waals surface area contributed by atoms with Crippen LogP contribution in [-0.4, -0.2) is 20.9 Å². The molecule has 6 nitrogen and oxygen atoms in total. The van der Waals surface area contributed by atoms with Crippen LogP contribution in [0.5, 0.6) is 0 Å². The van der Waals surface area contributed by atoms with Crippen LogP contribution in [0.25, 0.3) is 0 Å². The first-order valence-electron chi connectivity index (χ1n) is 6.92. The highest BCUT2D eigenvalue weighted by Crippen LogP contribution is 2.23. The summed E-state index contributed by atoms with van der Waals surface area (Å²) in [6.45, 7) is 8.11. The SMILES string of the molecule is Cc1cc(C)c(NC(=O)C(C)n2cc(CN)nn2)c(C)c1. The second kappa shape index (κ2) is 6.05. The molecule has 6 heteroatoms. The first-order chi connectivity index (χ1) is 9.92. The van der Waals surface area contributed by atoms with Crippen molar-refractivity contribution in [3.8, 4) is 0 Å². The molecule has 0 saturated carbocycles. The molecule has 1 atom stereocenters. The fourth-order valence-electron chi connectivity index (χ4n) is 2.32. The predicted octanol–water partition coefficient (Wildman–Crippen LogP) is 1.86. The number of anilines is 1. The van der Waals surface area contributed by atoms with Gasteiger partial charge in [-0.3, -0.25) is 4.79 Å². The Balaban J connectivity index is 2.18. The van der Waals surface area contributed by atoms with Gasteiger partial charge in [0.15, 0.2) is 0 Å². The lowest BCUT2D eigenvalue weighted by atomic mass is 10.0. The molecular weight excluding hydrogens is 266 g/mol. The number of benzene rings is 1. The maximum atomic E-state index is 12.4. The molecule has 0 bridgehead atoms. The maximum absolute atomic E-state index is 12.4. The Kier molecular flexibility index (Phi) is 4.37. The lowest BCUT2D eigenvalue weighted by Gasteiger charge is -2.16. The van der Waals surface area contributed by atoms with Gasteiger partial charge < -0.3 is 11.1 Å². The summed E-state index contributed by atoms with van der Waals surface area (Å²) < 4.78 is 1.52. The Bertz CT molecular complexity index is 639. The van der Waals surface area contributed by atoms with E-state index >= 15 is 0 Å². The van der Waals surface area contributed by atoms with Gasteiger partial charge in [-0.25, -0.2) is 4.68 Å². The zero-order chi connectivity index (χ0) is 15.6. The van der Waals surface area contributed by atoms with Gasteiger partial charge in [0.1, 0.15) is 6.04 Å². The minimum absolute atomic E-state index is 0.126. The Labute approximate surface area is 124 Å². The van der Waals surface area contributed by atoms with E-state index in [9.17, 15) is 4.79 Å². The van der Waals surface area contributed by atoms with Crippen molar-refractivity contribution in [3.63, 3.8) is 0 Å². The third kappa shape index (κ3) is 3.28. The van der Waals surface area contributed by atoms with Crippen molar-refractivity contribution in [2.75, 3.05) is 5.32 Å². The zero-order valence-corrected chi connectivity index (χ0v) is 12.8. The van der Waals surface area contributed by atoms with Crippen LogP contribution in [0, 0.1) is 20.8 Å². The second-order valence-electron chi connectivity index (χ2n) is 5.33. The number of rotatable bonds is 4. The summed E-state index contributed by atoms with van der Waals surface area (Å²) in [5.41, 5.74) is 10.3. The summed E-state index contributed by atoms with van der Waals surface area (Å²) >= 11 is 0. The van der Waals surface area contributed by atoms with Crippen molar-refractivity contribution in [1.82, 2.24) is 15.0 Å². The number of aromatic nitrogens is 3. The molecule has 2 rings (SSSR count). The van der Waals surface area contributed by atoms with Gasteiger partial charge in [0.05, 0.1) is 11.9 Å². The first-order valence-corrected chi connectivity index (χ1v) is 6.92. The van der Waals surface area contributed by atoms with Gasteiger partial charge >= 0.3 is 0 Å². The molecule has 1 unspecified atom stereocenters. The van der Waals surface area contributed by atoms with Crippen LogP contribution in [0.15, 0.2) is 18.3 Å². The number of amides is 1. The van der Waals surface area contributed by atoms with Crippen LogP contribution in [-0.2, 0) is 11.3 Å². The Hall–Kier alpha value is -2.21. The molecule has 1 aromatic heterocycles. The van der Waals surface area contributed by atoms with Gasteiger partial charge in [-0.15, -0.1) is 5.10 Å². The van der Waals surface area contributed by atoms with Crippen molar-refractivity contribution < 1.29 is 4.79 Å². The van der Waals surface area contributed by atoms with Crippen LogP contribution < -0.4 is 11.1 Å². The fraction of sp³-hybridized carbons (Fsp3) is 0.400. The van der Waals surface area contributed by atoms with Gasteiger partial charge in [-0.1, -0.05) is 22.9 Å². The minimum atomic E-state index is -0.446. The van der Waals surface area contributed by atoms with Crippen LogP contribution in [0.4, 0.5) is 5.69 Å². The molecule has 0 spiro atoms. The van der Waals surface area contributed by atoms with Crippen molar-refractivity contribution in [3.05, 3.63) is 40.7 Å². The molecule has 0 saturated heterocycles. The molecule has 1 aromatic carbocycles. The quantitative estimate of drug-likeness (QED) is 0.898. The van der Waals surface area contributed by atoms with Crippen LogP contribution in [0.1, 0.15) is 35.3 Å².